The second-order valence-electron chi connectivity index (χ2n) is 5.19. The molecular weight excluding hydrogens is 264 g/mol. The lowest BCUT2D eigenvalue weighted by molar-refractivity contribution is 0.0600. The van der Waals surface area contributed by atoms with Gasteiger partial charge in [-0.15, -0.1) is 0 Å². The van der Waals surface area contributed by atoms with Crippen LogP contribution in [-0.2, 0) is 17.7 Å². The number of hydrogen-bond acceptors (Lipinski definition) is 3. The molecule has 0 bridgehead atoms. The predicted octanol–water partition coefficient (Wildman–Crippen LogP) is 3.37. The van der Waals surface area contributed by atoms with Crippen LogP contribution in [0.1, 0.15) is 47.2 Å². The number of carbonyl (C=O) groups is 1. The Labute approximate surface area is 125 Å². The maximum atomic E-state index is 11.4. The highest BCUT2D eigenvalue weighted by atomic mass is 16.5. The van der Waals surface area contributed by atoms with Crippen LogP contribution in [0.4, 0.5) is 0 Å². The van der Waals surface area contributed by atoms with Gasteiger partial charge in [-0.05, 0) is 31.0 Å². The third-order valence-corrected chi connectivity index (χ3v) is 3.61. The van der Waals surface area contributed by atoms with Crippen LogP contribution in [-0.4, -0.2) is 22.6 Å². The highest BCUT2D eigenvalue weighted by molar-refractivity contribution is 5.89. The Morgan fingerprint density at radius 1 is 1.29 bits per heavy atom. The van der Waals surface area contributed by atoms with Crippen molar-refractivity contribution in [3.8, 4) is 0 Å². The summed E-state index contributed by atoms with van der Waals surface area (Å²) < 4.78 is 6.95. The molecule has 0 fully saturated rings. The molecule has 0 atom stereocenters. The van der Waals surface area contributed by atoms with Crippen molar-refractivity contribution in [3.63, 3.8) is 0 Å². The molecule has 21 heavy (non-hydrogen) atoms. The van der Waals surface area contributed by atoms with Gasteiger partial charge in [0.05, 0.1) is 12.7 Å². The SMILES string of the molecule is CCCCc1ncc(C)n1Cc1ccc(C(=O)OC)cc1. The molecule has 4 nitrogen and oxygen atoms in total. The topological polar surface area (TPSA) is 44.1 Å². The molecular formula is C17H22N2O2. The van der Waals surface area contributed by atoms with Gasteiger partial charge in [0, 0.05) is 24.9 Å². The van der Waals surface area contributed by atoms with E-state index in [0.29, 0.717) is 5.56 Å². The fourth-order valence-corrected chi connectivity index (χ4v) is 2.31. The number of unbranched alkanes of at least 4 members (excludes halogenated alkanes) is 1. The third kappa shape index (κ3) is 3.72. The van der Waals surface area contributed by atoms with Crippen LogP contribution in [0.2, 0.25) is 0 Å². The van der Waals surface area contributed by atoms with Crippen LogP contribution < -0.4 is 0 Å². The molecule has 0 aliphatic carbocycles. The summed E-state index contributed by atoms with van der Waals surface area (Å²) in [6, 6.07) is 7.54. The number of nitrogens with zero attached hydrogens (tertiary/aromatic N) is 2. The van der Waals surface area contributed by atoms with E-state index in [0.717, 1.165) is 36.5 Å². The van der Waals surface area contributed by atoms with Crippen LogP contribution in [0, 0.1) is 6.92 Å². The van der Waals surface area contributed by atoms with Crippen LogP contribution in [0.25, 0.3) is 0 Å². The normalized spacial score (nSPS) is 10.6. The molecule has 4 heteroatoms. The van der Waals surface area contributed by atoms with E-state index in [1.807, 2.05) is 18.3 Å². The van der Waals surface area contributed by atoms with Gasteiger partial charge in [0.25, 0.3) is 0 Å². The number of rotatable bonds is 6. The number of aryl methyl sites for hydroxylation is 2. The van der Waals surface area contributed by atoms with Gasteiger partial charge >= 0.3 is 5.97 Å². The fraction of sp³-hybridized carbons (Fsp3) is 0.412. The molecule has 0 aliphatic heterocycles. The lowest BCUT2D eigenvalue weighted by Gasteiger charge is -2.10. The summed E-state index contributed by atoms with van der Waals surface area (Å²) >= 11 is 0. The minimum absolute atomic E-state index is 0.302. The average Bonchev–Trinajstić information content (AvgIpc) is 2.86. The first kappa shape index (κ1) is 15.3. The summed E-state index contributed by atoms with van der Waals surface area (Å²) in [5.41, 5.74) is 2.90. The molecule has 0 amide bonds. The summed E-state index contributed by atoms with van der Waals surface area (Å²) in [5.74, 6) is 0.829. The monoisotopic (exact) mass is 286 g/mol. The minimum atomic E-state index is -0.302. The predicted molar refractivity (Wildman–Crippen MR) is 82.5 cm³/mol. The molecule has 1 aromatic heterocycles. The van der Waals surface area contributed by atoms with Crippen molar-refractivity contribution in [3.05, 3.63) is 53.1 Å². The van der Waals surface area contributed by atoms with Gasteiger partial charge in [-0.3, -0.25) is 0 Å². The first-order chi connectivity index (χ1) is 10.2. The molecule has 0 unspecified atom stereocenters. The molecule has 0 radical (unpaired) electrons. The van der Waals surface area contributed by atoms with E-state index in [-0.39, 0.29) is 5.97 Å². The van der Waals surface area contributed by atoms with Gasteiger partial charge in [0.1, 0.15) is 5.82 Å². The third-order valence-electron chi connectivity index (χ3n) is 3.61. The Bertz CT molecular complexity index is 600. The summed E-state index contributed by atoms with van der Waals surface area (Å²) in [6.45, 7) is 5.04. The second kappa shape index (κ2) is 7.07. The van der Waals surface area contributed by atoms with Crippen molar-refractivity contribution in [2.75, 3.05) is 7.11 Å². The largest absolute Gasteiger partial charge is 0.465 e. The summed E-state index contributed by atoms with van der Waals surface area (Å²) in [5, 5.41) is 0. The van der Waals surface area contributed by atoms with Gasteiger partial charge in [-0.1, -0.05) is 25.5 Å². The number of aromatic nitrogens is 2. The minimum Gasteiger partial charge on any atom is -0.465 e. The van der Waals surface area contributed by atoms with Crippen molar-refractivity contribution < 1.29 is 9.53 Å². The van der Waals surface area contributed by atoms with Crippen LogP contribution >= 0.6 is 0 Å². The van der Waals surface area contributed by atoms with Crippen molar-refractivity contribution in [1.29, 1.82) is 0 Å². The van der Waals surface area contributed by atoms with Gasteiger partial charge in [-0.2, -0.15) is 0 Å². The smallest absolute Gasteiger partial charge is 0.337 e. The lowest BCUT2D eigenvalue weighted by Crippen LogP contribution is -2.08. The summed E-state index contributed by atoms with van der Waals surface area (Å²) in [4.78, 5) is 15.9. The number of ether oxygens (including phenoxy) is 1. The zero-order chi connectivity index (χ0) is 15.2. The molecule has 2 aromatic rings. The second-order valence-corrected chi connectivity index (χ2v) is 5.19. The van der Waals surface area contributed by atoms with Gasteiger partial charge in [0.15, 0.2) is 0 Å². The Morgan fingerprint density at radius 3 is 2.62 bits per heavy atom. The highest BCUT2D eigenvalue weighted by Gasteiger charge is 2.08. The Hall–Kier alpha value is -2.10. The molecule has 0 spiro atoms. The van der Waals surface area contributed by atoms with Crippen molar-refractivity contribution in [2.24, 2.45) is 0 Å². The number of esters is 1. The quantitative estimate of drug-likeness (QED) is 0.765. The molecule has 0 saturated heterocycles. The van der Waals surface area contributed by atoms with Crippen LogP contribution in [0.15, 0.2) is 30.5 Å². The Kier molecular flexibility index (Phi) is 5.14. The first-order valence-electron chi connectivity index (χ1n) is 7.34. The van der Waals surface area contributed by atoms with Gasteiger partial charge < -0.3 is 9.30 Å². The standard InChI is InChI=1S/C17H22N2O2/c1-4-5-6-16-18-11-13(2)19(16)12-14-7-9-15(10-8-14)17(20)21-3/h7-11H,4-6,12H2,1-3H3. The Morgan fingerprint density at radius 2 is 2.00 bits per heavy atom. The van der Waals surface area contributed by atoms with E-state index >= 15 is 0 Å². The molecule has 2 rings (SSSR count). The van der Waals surface area contributed by atoms with Crippen LogP contribution in [0.5, 0.6) is 0 Å². The van der Waals surface area contributed by atoms with E-state index in [2.05, 4.69) is 23.4 Å². The van der Waals surface area contributed by atoms with Crippen LogP contribution in [0.3, 0.4) is 0 Å². The number of hydrogen-bond donors (Lipinski definition) is 0. The average molecular weight is 286 g/mol. The molecule has 1 aromatic carbocycles. The van der Waals surface area contributed by atoms with E-state index in [1.54, 1.807) is 12.1 Å². The van der Waals surface area contributed by atoms with E-state index in [9.17, 15) is 4.79 Å². The maximum Gasteiger partial charge on any atom is 0.337 e. The fourth-order valence-electron chi connectivity index (χ4n) is 2.31. The number of carbonyl (C=O) groups excluding carboxylic acids is 1. The zero-order valence-electron chi connectivity index (χ0n) is 12.9. The molecule has 0 saturated carbocycles. The van der Waals surface area contributed by atoms with E-state index < -0.39 is 0 Å². The molecule has 0 N–H and O–H groups in total. The summed E-state index contributed by atoms with van der Waals surface area (Å²) in [6.07, 6.45) is 5.25. The Balaban J connectivity index is 2.14. The number of methoxy groups -OCH3 is 1. The lowest BCUT2D eigenvalue weighted by atomic mass is 10.1. The molecule has 1 heterocycles. The van der Waals surface area contributed by atoms with Crippen molar-refractivity contribution in [1.82, 2.24) is 9.55 Å². The first-order valence-corrected chi connectivity index (χ1v) is 7.34. The maximum absolute atomic E-state index is 11.4. The molecule has 0 aliphatic rings. The van der Waals surface area contributed by atoms with Crippen molar-refractivity contribution in [2.45, 2.75) is 39.7 Å². The number of benzene rings is 1. The van der Waals surface area contributed by atoms with Gasteiger partial charge in [0.2, 0.25) is 0 Å². The van der Waals surface area contributed by atoms with Gasteiger partial charge in [-0.25, -0.2) is 9.78 Å². The zero-order valence-corrected chi connectivity index (χ0v) is 12.9. The molecule has 112 valence electrons. The van der Waals surface area contributed by atoms with E-state index in [4.69, 9.17) is 4.74 Å². The number of imidazole rings is 1. The summed E-state index contributed by atoms with van der Waals surface area (Å²) in [7, 11) is 1.39. The van der Waals surface area contributed by atoms with E-state index in [1.165, 1.54) is 13.5 Å². The highest BCUT2D eigenvalue weighted by Crippen LogP contribution is 2.13. The van der Waals surface area contributed by atoms with Crippen molar-refractivity contribution >= 4 is 5.97 Å².